The van der Waals surface area contributed by atoms with Crippen LogP contribution in [0.25, 0.3) is 5.69 Å². The van der Waals surface area contributed by atoms with Gasteiger partial charge in [-0.05, 0) is 37.6 Å². The van der Waals surface area contributed by atoms with E-state index in [1.807, 2.05) is 18.2 Å². The number of rotatable bonds is 7. The maximum Gasteiger partial charge on any atom is 0.295 e. The highest BCUT2D eigenvalue weighted by Crippen LogP contribution is 2.23. The molecule has 1 heterocycles. The quantitative estimate of drug-likeness (QED) is 0.609. The molecule has 1 aromatic heterocycles. The van der Waals surface area contributed by atoms with Crippen LogP contribution in [0.1, 0.15) is 19.0 Å². The van der Waals surface area contributed by atoms with Crippen LogP contribution in [0.4, 0.5) is 11.4 Å². The van der Waals surface area contributed by atoms with Crippen molar-refractivity contribution in [1.82, 2.24) is 9.36 Å². The van der Waals surface area contributed by atoms with Crippen LogP contribution in [0.3, 0.4) is 0 Å². The maximum atomic E-state index is 13.2. The molecule has 0 saturated carbocycles. The SMILES string of the molecule is CC[C@H](C(=O)Nc1c(C)n(C)n(-c2ccccc2)c1=O)N(c1ccccc1)S(C)(=O)=O. The summed E-state index contributed by atoms with van der Waals surface area (Å²) in [7, 11) is -2.02. The first-order valence-electron chi connectivity index (χ1n) is 9.86. The van der Waals surface area contributed by atoms with Crippen LogP contribution in [0.15, 0.2) is 65.5 Å². The molecule has 164 valence electrons. The van der Waals surface area contributed by atoms with E-state index in [0.717, 1.165) is 10.6 Å². The standard InChI is InChI=1S/C22H26N4O4S/c1-5-19(26(31(4,29)30)18-14-10-7-11-15-18)21(27)23-20-16(2)24(3)25(22(20)28)17-12-8-6-9-13-17/h6-15,19H,5H2,1-4H3,(H,23,27)/t19-/m1/s1. The van der Waals surface area contributed by atoms with E-state index in [9.17, 15) is 18.0 Å². The lowest BCUT2D eigenvalue weighted by molar-refractivity contribution is -0.117. The topological polar surface area (TPSA) is 93.4 Å². The van der Waals surface area contributed by atoms with Crippen LogP contribution in [0, 0.1) is 6.92 Å². The lowest BCUT2D eigenvalue weighted by Crippen LogP contribution is -2.47. The number of amides is 1. The molecule has 2 aromatic carbocycles. The van der Waals surface area contributed by atoms with Gasteiger partial charge in [0.2, 0.25) is 15.9 Å². The summed E-state index contributed by atoms with van der Waals surface area (Å²) < 4.78 is 29.3. The van der Waals surface area contributed by atoms with E-state index in [-0.39, 0.29) is 17.7 Å². The third-order valence-corrected chi connectivity index (χ3v) is 6.32. The zero-order valence-electron chi connectivity index (χ0n) is 17.9. The van der Waals surface area contributed by atoms with Gasteiger partial charge in [-0.3, -0.25) is 18.6 Å². The number of aromatic nitrogens is 2. The molecule has 0 unspecified atom stereocenters. The van der Waals surface area contributed by atoms with Gasteiger partial charge in [0.15, 0.2) is 0 Å². The van der Waals surface area contributed by atoms with Gasteiger partial charge in [-0.1, -0.05) is 43.3 Å². The summed E-state index contributed by atoms with van der Waals surface area (Å²) in [5.41, 5.74) is 1.34. The third kappa shape index (κ3) is 4.41. The fourth-order valence-corrected chi connectivity index (χ4v) is 4.77. The number of sulfonamides is 1. The lowest BCUT2D eigenvalue weighted by Gasteiger charge is -2.29. The summed E-state index contributed by atoms with van der Waals surface area (Å²) in [6.45, 7) is 3.45. The molecule has 9 heteroatoms. The van der Waals surface area contributed by atoms with Gasteiger partial charge < -0.3 is 5.32 Å². The number of hydrogen-bond acceptors (Lipinski definition) is 4. The molecule has 0 fully saturated rings. The van der Waals surface area contributed by atoms with Crippen molar-refractivity contribution < 1.29 is 13.2 Å². The fourth-order valence-electron chi connectivity index (χ4n) is 3.55. The van der Waals surface area contributed by atoms with Crippen LogP contribution in [0.5, 0.6) is 0 Å². The van der Waals surface area contributed by atoms with Crippen molar-refractivity contribution in [1.29, 1.82) is 0 Å². The van der Waals surface area contributed by atoms with Crippen molar-refractivity contribution in [3.63, 3.8) is 0 Å². The maximum absolute atomic E-state index is 13.2. The average molecular weight is 443 g/mol. The molecular formula is C22H26N4O4S. The molecule has 1 atom stereocenters. The summed E-state index contributed by atoms with van der Waals surface area (Å²) in [5.74, 6) is -0.567. The summed E-state index contributed by atoms with van der Waals surface area (Å²) in [6, 6.07) is 16.5. The van der Waals surface area contributed by atoms with Gasteiger partial charge in [-0.25, -0.2) is 13.1 Å². The largest absolute Gasteiger partial charge is 0.318 e. The second-order valence-corrected chi connectivity index (χ2v) is 9.10. The van der Waals surface area contributed by atoms with Gasteiger partial charge in [0.05, 0.1) is 23.3 Å². The van der Waals surface area contributed by atoms with E-state index in [1.54, 1.807) is 68.0 Å². The molecule has 0 aliphatic rings. The summed E-state index contributed by atoms with van der Waals surface area (Å²) in [6.07, 6.45) is 1.29. The van der Waals surface area contributed by atoms with Gasteiger partial charge in [-0.15, -0.1) is 0 Å². The summed E-state index contributed by atoms with van der Waals surface area (Å²) >= 11 is 0. The van der Waals surface area contributed by atoms with Crippen molar-refractivity contribution in [3.05, 3.63) is 76.7 Å². The number of para-hydroxylation sites is 2. The Morgan fingerprint density at radius 1 is 1.06 bits per heavy atom. The van der Waals surface area contributed by atoms with Crippen molar-refractivity contribution in [2.24, 2.45) is 7.05 Å². The Kier molecular flexibility index (Phi) is 6.35. The van der Waals surface area contributed by atoms with E-state index in [2.05, 4.69) is 5.32 Å². The molecule has 1 N–H and O–H groups in total. The summed E-state index contributed by atoms with van der Waals surface area (Å²) in [4.78, 5) is 26.3. The van der Waals surface area contributed by atoms with E-state index in [1.165, 1.54) is 4.68 Å². The fraction of sp³-hybridized carbons (Fsp3) is 0.273. The highest BCUT2D eigenvalue weighted by molar-refractivity contribution is 7.92. The first kappa shape index (κ1) is 22.4. The summed E-state index contributed by atoms with van der Waals surface area (Å²) in [5, 5.41) is 2.68. The minimum atomic E-state index is -3.75. The van der Waals surface area contributed by atoms with Crippen molar-refractivity contribution in [2.45, 2.75) is 26.3 Å². The first-order chi connectivity index (χ1) is 14.7. The molecule has 0 bridgehead atoms. The zero-order chi connectivity index (χ0) is 22.8. The van der Waals surface area contributed by atoms with E-state index in [0.29, 0.717) is 17.1 Å². The van der Waals surface area contributed by atoms with Crippen LogP contribution in [-0.4, -0.2) is 36.0 Å². The van der Waals surface area contributed by atoms with Crippen molar-refractivity contribution in [2.75, 3.05) is 15.9 Å². The second kappa shape index (κ2) is 8.81. The number of nitrogens with one attached hydrogen (secondary N) is 1. The van der Waals surface area contributed by atoms with E-state index < -0.39 is 22.0 Å². The molecule has 31 heavy (non-hydrogen) atoms. The predicted molar refractivity (Wildman–Crippen MR) is 122 cm³/mol. The smallest absolute Gasteiger partial charge is 0.295 e. The van der Waals surface area contributed by atoms with E-state index in [4.69, 9.17) is 0 Å². The van der Waals surface area contributed by atoms with Crippen molar-refractivity contribution >= 4 is 27.3 Å². The van der Waals surface area contributed by atoms with Crippen molar-refractivity contribution in [3.8, 4) is 5.69 Å². The Bertz CT molecular complexity index is 1230. The number of anilines is 2. The molecular weight excluding hydrogens is 416 g/mol. The average Bonchev–Trinajstić information content (AvgIpc) is 2.95. The number of hydrogen-bond donors (Lipinski definition) is 1. The minimum absolute atomic E-state index is 0.122. The predicted octanol–water partition coefficient (Wildman–Crippen LogP) is 2.67. The highest BCUT2D eigenvalue weighted by atomic mass is 32.2. The van der Waals surface area contributed by atoms with Crippen LogP contribution in [-0.2, 0) is 21.9 Å². The monoisotopic (exact) mass is 442 g/mol. The number of carbonyl (C=O) groups is 1. The van der Waals surface area contributed by atoms with Gasteiger partial charge in [-0.2, -0.15) is 0 Å². The second-order valence-electron chi connectivity index (χ2n) is 7.24. The number of carbonyl (C=O) groups excluding carboxylic acids is 1. The van der Waals surface area contributed by atoms with Crippen LogP contribution in [0.2, 0.25) is 0 Å². The van der Waals surface area contributed by atoms with Gasteiger partial charge in [0, 0.05) is 7.05 Å². The van der Waals surface area contributed by atoms with Gasteiger partial charge >= 0.3 is 0 Å². The Balaban J connectivity index is 2.01. The van der Waals surface area contributed by atoms with Crippen LogP contribution < -0.4 is 15.2 Å². The Morgan fingerprint density at radius 3 is 2.13 bits per heavy atom. The highest BCUT2D eigenvalue weighted by Gasteiger charge is 2.32. The van der Waals surface area contributed by atoms with Gasteiger partial charge in [0.25, 0.3) is 5.56 Å². The molecule has 3 aromatic rings. The molecule has 0 aliphatic carbocycles. The molecule has 0 radical (unpaired) electrons. The Morgan fingerprint density at radius 2 is 1.61 bits per heavy atom. The number of nitrogens with zero attached hydrogens (tertiary/aromatic N) is 3. The third-order valence-electron chi connectivity index (χ3n) is 5.14. The van der Waals surface area contributed by atoms with E-state index >= 15 is 0 Å². The van der Waals surface area contributed by atoms with Crippen LogP contribution >= 0.6 is 0 Å². The molecule has 8 nitrogen and oxygen atoms in total. The molecule has 0 saturated heterocycles. The first-order valence-corrected chi connectivity index (χ1v) is 11.7. The Labute approximate surface area is 181 Å². The lowest BCUT2D eigenvalue weighted by atomic mass is 10.2. The molecule has 0 spiro atoms. The zero-order valence-corrected chi connectivity index (χ0v) is 18.8. The molecule has 3 rings (SSSR count). The normalized spacial score (nSPS) is 12.4. The molecule has 0 aliphatic heterocycles. The van der Waals surface area contributed by atoms with Gasteiger partial charge in [0.1, 0.15) is 11.7 Å². The minimum Gasteiger partial charge on any atom is -0.318 e. The number of benzene rings is 2. The molecule has 1 amide bonds. The Hall–Kier alpha value is -3.33.